The van der Waals surface area contributed by atoms with E-state index >= 15 is 0 Å². The summed E-state index contributed by atoms with van der Waals surface area (Å²) in [5.41, 5.74) is 1.76. The van der Waals surface area contributed by atoms with Crippen LogP contribution in [0.4, 0.5) is 5.69 Å². The van der Waals surface area contributed by atoms with Crippen molar-refractivity contribution in [3.63, 3.8) is 0 Å². The van der Waals surface area contributed by atoms with E-state index in [4.69, 9.17) is 0 Å². The molecule has 0 spiro atoms. The number of hydrogen-bond acceptors (Lipinski definition) is 3. The van der Waals surface area contributed by atoms with Crippen LogP contribution in [-0.4, -0.2) is 28.5 Å². The number of carbonyl (C=O) groups excluding carboxylic acids is 1. The molecule has 1 aliphatic heterocycles. The van der Waals surface area contributed by atoms with Crippen LogP contribution in [0.25, 0.3) is 5.69 Å². The molecule has 1 aliphatic rings. The van der Waals surface area contributed by atoms with Crippen molar-refractivity contribution in [1.29, 1.82) is 0 Å². The number of imidazole rings is 1. The molecule has 2 heterocycles. The number of nitrogens with one attached hydrogen (secondary N) is 2. The van der Waals surface area contributed by atoms with Crippen LogP contribution in [-0.2, 0) is 4.79 Å². The van der Waals surface area contributed by atoms with Crippen molar-refractivity contribution in [2.75, 3.05) is 18.4 Å². The first-order valence-electron chi connectivity index (χ1n) is 8.32. The van der Waals surface area contributed by atoms with Gasteiger partial charge in [0.25, 0.3) is 0 Å². The number of piperidine rings is 1. The van der Waals surface area contributed by atoms with E-state index in [2.05, 4.69) is 22.5 Å². The molecule has 2 atom stereocenters. The molecule has 0 bridgehead atoms. The first-order chi connectivity index (χ1) is 11.2. The van der Waals surface area contributed by atoms with Crippen LogP contribution in [0.2, 0.25) is 0 Å². The fourth-order valence-electron chi connectivity index (χ4n) is 3.23. The summed E-state index contributed by atoms with van der Waals surface area (Å²) in [4.78, 5) is 16.5. The van der Waals surface area contributed by atoms with Gasteiger partial charge in [-0.05, 0) is 49.9 Å². The highest BCUT2D eigenvalue weighted by molar-refractivity contribution is 5.92. The van der Waals surface area contributed by atoms with Crippen LogP contribution in [0, 0.1) is 11.8 Å². The zero-order valence-electron chi connectivity index (χ0n) is 13.5. The number of aromatic nitrogens is 2. The molecule has 5 nitrogen and oxygen atoms in total. The number of anilines is 1. The molecule has 2 unspecified atom stereocenters. The van der Waals surface area contributed by atoms with Crippen molar-refractivity contribution in [3.05, 3.63) is 43.0 Å². The van der Waals surface area contributed by atoms with E-state index in [1.165, 1.54) is 12.8 Å². The third kappa shape index (κ3) is 3.99. The minimum atomic E-state index is 0.0793. The Morgan fingerprint density at radius 3 is 3.09 bits per heavy atom. The Bertz CT molecular complexity index is 632. The fraction of sp³-hybridized carbons (Fsp3) is 0.444. The summed E-state index contributed by atoms with van der Waals surface area (Å²) in [6, 6.07) is 7.80. The molecule has 2 aromatic rings. The summed E-state index contributed by atoms with van der Waals surface area (Å²) in [7, 11) is 0. The Kier molecular flexibility index (Phi) is 5.08. The van der Waals surface area contributed by atoms with E-state index in [1.54, 1.807) is 12.5 Å². The molecule has 122 valence electrons. The fourth-order valence-corrected chi connectivity index (χ4v) is 3.23. The number of para-hydroxylation sites is 2. The summed E-state index contributed by atoms with van der Waals surface area (Å²) in [6.45, 7) is 4.31. The van der Waals surface area contributed by atoms with E-state index in [0.717, 1.165) is 24.5 Å². The van der Waals surface area contributed by atoms with Gasteiger partial charge in [-0.2, -0.15) is 0 Å². The van der Waals surface area contributed by atoms with Gasteiger partial charge in [-0.1, -0.05) is 19.1 Å². The van der Waals surface area contributed by atoms with Gasteiger partial charge in [-0.3, -0.25) is 4.79 Å². The smallest absolute Gasteiger partial charge is 0.224 e. The highest BCUT2D eigenvalue weighted by atomic mass is 16.1. The molecule has 1 fully saturated rings. The van der Waals surface area contributed by atoms with Gasteiger partial charge >= 0.3 is 0 Å². The van der Waals surface area contributed by atoms with Gasteiger partial charge in [0.2, 0.25) is 5.91 Å². The predicted molar refractivity (Wildman–Crippen MR) is 91.6 cm³/mol. The van der Waals surface area contributed by atoms with Crippen LogP contribution in [0.1, 0.15) is 26.2 Å². The van der Waals surface area contributed by atoms with E-state index in [1.807, 2.05) is 35.0 Å². The lowest BCUT2D eigenvalue weighted by atomic mass is 9.85. The van der Waals surface area contributed by atoms with Crippen LogP contribution in [0.15, 0.2) is 43.0 Å². The van der Waals surface area contributed by atoms with Crippen LogP contribution >= 0.6 is 0 Å². The Morgan fingerprint density at radius 1 is 1.48 bits per heavy atom. The van der Waals surface area contributed by atoms with Crippen molar-refractivity contribution in [3.8, 4) is 5.69 Å². The molecule has 2 N–H and O–H groups in total. The van der Waals surface area contributed by atoms with Gasteiger partial charge in [0.05, 0.1) is 17.7 Å². The average Bonchev–Trinajstić information content (AvgIpc) is 3.10. The molecule has 5 heteroatoms. The lowest BCUT2D eigenvalue weighted by molar-refractivity contribution is -0.117. The lowest BCUT2D eigenvalue weighted by Gasteiger charge is -2.28. The van der Waals surface area contributed by atoms with Gasteiger partial charge in [0.1, 0.15) is 0 Å². The van der Waals surface area contributed by atoms with E-state index in [9.17, 15) is 4.79 Å². The zero-order chi connectivity index (χ0) is 16.1. The maximum atomic E-state index is 12.4. The SMILES string of the molecule is CC(CC(=O)Nc1ccccc1-n1ccnc1)C1CCCNC1. The third-order valence-electron chi connectivity index (χ3n) is 4.61. The standard InChI is InChI=1S/C18H24N4O/c1-14(15-5-4-8-19-12-15)11-18(23)21-16-6-2-3-7-17(16)22-10-9-20-13-22/h2-3,6-7,9-10,13-15,19H,4-5,8,11-12H2,1H3,(H,21,23). The van der Waals surface area contributed by atoms with Crippen molar-refractivity contribution in [2.45, 2.75) is 26.2 Å². The van der Waals surface area contributed by atoms with Crippen molar-refractivity contribution >= 4 is 11.6 Å². The third-order valence-corrected chi connectivity index (χ3v) is 4.61. The Labute approximate surface area is 137 Å². The molecule has 1 amide bonds. The summed E-state index contributed by atoms with van der Waals surface area (Å²) in [5, 5.41) is 6.49. The molecule has 1 aromatic heterocycles. The first kappa shape index (κ1) is 15.7. The quantitative estimate of drug-likeness (QED) is 0.892. The Hall–Kier alpha value is -2.14. The molecular weight excluding hydrogens is 288 g/mol. The molecule has 0 aliphatic carbocycles. The molecule has 23 heavy (non-hydrogen) atoms. The van der Waals surface area contributed by atoms with Gasteiger partial charge in [0, 0.05) is 18.8 Å². The number of rotatable bonds is 5. The second-order valence-electron chi connectivity index (χ2n) is 6.32. The topological polar surface area (TPSA) is 59.0 Å². The summed E-state index contributed by atoms with van der Waals surface area (Å²) in [5.74, 6) is 1.07. The molecule has 3 rings (SSSR count). The van der Waals surface area contributed by atoms with Crippen molar-refractivity contribution < 1.29 is 4.79 Å². The maximum Gasteiger partial charge on any atom is 0.224 e. The highest BCUT2D eigenvalue weighted by Gasteiger charge is 2.22. The van der Waals surface area contributed by atoms with Crippen LogP contribution in [0.3, 0.4) is 0 Å². The number of nitrogens with zero attached hydrogens (tertiary/aromatic N) is 2. The molecule has 0 saturated carbocycles. The largest absolute Gasteiger partial charge is 0.324 e. The average molecular weight is 312 g/mol. The van der Waals surface area contributed by atoms with Gasteiger partial charge in [0.15, 0.2) is 0 Å². The zero-order valence-corrected chi connectivity index (χ0v) is 13.5. The van der Waals surface area contributed by atoms with Crippen LogP contribution < -0.4 is 10.6 Å². The summed E-state index contributed by atoms with van der Waals surface area (Å²) < 4.78 is 1.91. The minimum absolute atomic E-state index is 0.0793. The minimum Gasteiger partial charge on any atom is -0.324 e. The van der Waals surface area contributed by atoms with Crippen molar-refractivity contribution in [1.82, 2.24) is 14.9 Å². The highest BCUT2D eigenvalue weighted by Crippen LogP contribution is 2.24. The van der Waals surface area contributed by atoms with E-state index < -0.39 is 0 Å². The summed E-state index contributed by atoms with van der Waals surface area (Å²) >= 11 is 0. The Morgan fingerprint density at radius 2 is 2.35 bits per heavy atom. The number of amides is 1. The second-order valence-corrected chi connectivity index (χ2v) is 6.32. The number of benzene rings is 1. The summed E-state index contributed by atoms with van der Waals surface area (Å²) in [6.07, 6.45) is 8.33. The molecular formula is C18H24N4O. The number of hydrogen-bond donors (Lipinski definition) is 2. The molecule has 1 saturated heterocycles. The molecule has 0 radical (unpaired) electrons. The van der Waals surface area contributed by atoms with E-state index in [0.29, 0.717) is 18.3 Å². The lowest BCUT2D eigenvalue weighted by Crippen LogP contribution is -2.34. The van der Waals surface area contributed by atoms with Gasteiger partial charge in [-0.25, -0.2) is 4.98 Å². The van der Waals surface area contributed by atoms with Gasteiger partial charge < -0.3 is 15.2 Å². The van der Waals surface area contributed by atoms with Crippen LogP contribution in [0.5, 0.6) is 0 Å². The predicted octanol–water partition coefficient (Wildman–Crippen LogP) is 2.84. The molecule has 1 aromatic carbocycles. The number of carbonyl (C=O) groups is 1. The first-order valence-corrected chi connectivity index (χ1v) is 8.32. The Balaban J connectivity index is 1.64. The second kappa shape index (κ2) is 7.42. The van der Waals surface area contributed by atoms with Crippen molar-refractivity contribution in [2.24, 2.45) is 11.8 Å². The monoisotopic (exact) mass is 312 g/mol. The maximum absolute atomic E-state index is 12.4. The van der Waals surface area contributed by atoms with E-state index in [-0.39, 0.29) is 5.91 Å². The normalized spacial score (nSPS) is 19.3. The van der Waals surface area contributed by atoms with Gasteiger partial charge in [-0.15, -0.1) is 0 Å².